The van der Waals surface area contributed by atoms with Crippen LogP contribution in [0.25, 0.3) is 0 Å². The Morgan fingerprint density at radius 3 is 2.21 bits per heavy atom. The number of hydrogen-bond acceptors (Lipinski definition) is 4. The van der Waals surface area contributed by atoms with E-state index in [1.54, 1.807) is 25.3 Å². The molecular formula is C15H24O4. The largest absolute Gasteiger partial charge is 0.497 e. The second kappa shape index (κ2) is 10.5. The first-order valence-electron chi connectivity index (χ1n) is 6.43. The maximum atomic E-state index is 10.9. The predicted octanol–water partition coefficient (Wildman–Crippen LogP) is 3.30. The van der Waals surface area contributed by atoms with Gasteiger partial charge in [0.05, 0.1) is 7.11 Å². The highest BCUT2D eigenvalue weighted by Crippen LogP contribution is 2.12. The standard InChI is InChI=1S/C9H10O2.C6H14O2/c1-7(10)8-4-3-5-9(6-8)11-2;1-4-7-6(3)8-5-2/h3-6H,1-2H3;6H,4-5H2,1-3H3. The molecule has 1 aromatic rings. The SMILES string of the molecule is CCOC(C)OCC.COc1cccc(C(C)=O)c1. The summed E-state index contributed by atoms with van der Waals surface area (Å²) in [4.78, 5) is 10.9. The Morgan fingerprint density at radius 2 is 1.79 bits per heavy atom. The van der Waals surface area contributed by atoms with Crippen molar-refractivity contribution in [3.8, 4) is 5.75 Å². The van der Waals surface area contributed by atoms with Crippen molar-refractivity contribution in [2.75, 3.05) is 20.3 Å². The summed E-state index contributed by atoms with van der Waals surface area (Å²) in [7, 11) is 1.58. The van der Waals surface area contributed by atoms with Crippen LogP contribution in [0.5, 0.6) is 5.75 Å². The van der Waals surface area contributed by atoms with Crippen LogP contribution in [0.15, 0.2) is 24.3 Å². The van der Waals surface area contributed by atoms with Crippen LogP contribution in [0.1, 0.15) is 38.1 Å². The molecule has 0 N–H and O–H groups in total. The molecule has 19 heavy (non-hydrogen) atoms. The van der Waals surface area contributed by atoms with E-state index in [2.05, 4.69) is 0 Å². The van der Waals surface area contributed by atoms with Gasteiger partial charge in [-0.25, -0.2) is 0 Å². The summed E-state index contributed by atoms with van der Waals surface area (Å²) in [5.41, 5.74) is 0.685. The van der Waals surface area contributed by atoms with Gasteiger partial charge in [-0.3, -0.25) is 4.79 Å². The predicted molar refractivity (Wildman–Crippen MR) is 75.7 cm³/mol. The molecule has 1 aromatic carbocycles. The van der Waals surface area contributed by atoms with E-state index in [1.807, 2.05) is 26.8 Å². The molecule has 0 unspecified atom stereocenters. The first-order chi connectivity index (χ1) is 9.04. The number of carbonyl (C=O) groups is 1. The van der Waals surface area contributed by atoms with Crippen molar-refractivity contribution in [2.45, 2.75) is 34.0 Å². The number of carbonyl (C=O) groups excluding carboxylic acids is 1. The molecular weight excluding hydrogens is 244 g/mol. The van der Waals surface area contributed by atoms with E-state index in [-0.39, 0.29) is 12.1 Å². The van der Waals surface area contributed by atoms with Gasteiger partial charge in [0, 0.05) is 18.8 Å². The molecule has 0 amide bonds. The van der Waals surface area contributed by atoms with E-state index in [0.29, 0.717) is 5.56 Å². The smallest absolute Gasteiger partial charge is 0.159 e. The lowest BCUT2D eigenvalue weighted by molar-refractivity contribution is -0.123. The molecule has 0 aliphatic heterocycles. The van der Waals surface area contributed by atoms with Crippen molar-refractivity contribution < 1.29 is 19.0 Å². The van der Waals surface area contributed by atoms with Crippen molar-refractivity contribution in [3.05, 3.63) is 29.8 Å². The maximum absolute atomic E-state index is 10.9. The fourth-order valence-electron chi connectivity index (χ4n) is 1.36. The minimum absolute atomic E-state index is 0.0370. The quantitative estimate of drug-likeness (QED) is 0.586. The fraction of sp³-hybridized carbons (Fsp3) is 0.533. The molecule has 0 aliphatic carbocycles. The van der Waals surface area contributed by atoms with Crippen molar-refractivity contribution in [1.29, 1.82) is 0 Å². The minimum atomic E-state index is -0.0370. The molecule has 1 rings (SSSR count). The van der Waals surface area contributed by atoms with Gasteiger partial charge >= 0.3 is 0 Å². The highest BCUT2D eigenvalue weighted by Gasteiger charge is 1.98. The maximum Gasteiger partial charge on any atom is 0.159 e. The van der Waals surface area contributed by atoms with E-state index < -0.39 is 0 Å². The van der Waals surface area contributed by atoms with Crippen LogP contribution in [0.2, 0.25) is 0 Å². The van der Waals surface area contributed by atoms with Crippen LogP contribution >= 0.6 is 0 Å². The normalized spacial score (nSPS) is 9.79. The topological polar surface area (TPSA) is 44.8 Å². The number of benzene rings is 1. The number of ketones is 1. The van der Waals surface area contributed by atoms with Gasteiger partial charge < -0.3 is 14.2 Å². The van der Waals surface area contributed by atoms with Crippen LogP contribution in [-0.2, 0) is 9.47 Å². The summed E-state index contributed by atoms with van der Waals surface area (Å²) in [6.07, 6.45) is -0.0370. The monoisotopic (exact) mass is 268 g/mol. The van der Waals surface area contributed by atoms with Crippen molar-refractivity contribution in [1.82, 2.24) is 0 Å². The molecule has 0 bridgehead atoms. The summed E-state index contributed by atoms with van der Waals surface area (Å²) in [6.45, 7) is 8.79. The van der Waals surface area contributed by atoms with E-state index in [9.17, 15) is 4.79 Å². The molecule has 108 valence electrons. The van der Waals surface area contributed by atoms with Gasteiger partial charge in [0.1, 0.15) is 5.75 Å². The molecule has 4 nitrogen and oxygen atoms in total. The lowest BCUT2D eigenvalue weighted by Gasteiger charge is -2.09. The minimum Gasteiger partial charge on any atom is -0.497 e. The first-order valence-corrected chi connectivity index (χ1v) is 6.43. The summed E-state index contributed by atoms with van der Waals surface area (Å²) in [5.74, 6) is 0.779. The third-order valence-electron chi connectivity index (χ3n) is 2.28. The van der Waals surface area contributed by atoms with Gasteiger partial charge in [0.25, 0.3) is 0 Å². The zero-order valence-electron chi connectivity index (χ0n) is 12.4. The van der Waals surface area contributed by atoms with E-state index in [0.717, 1.165) is 19.0 Å². The molecule has 0 heterocycles. The lowest BCUT2D eigenvalue weighted by Crippen LogP contribution is -2.11. The molecule has 4 heteroatoms. The Balaban J connectivity index is 0.000000362. The Kier molecular flexibility index (Phi) is 9.75. The number of ether oxygens (including phenoxy) is 3. The molecule has 0 saturated carbocycles. The summed E-state index contributed by atoms with van der Waals surface area (Å²) in [6, 6.07) is 7.11. The summed E-state index contributed by atoms with van der Waals surface area (Å²) in [5, 5.41) is 0. The second-order valence-electron chi connectivity index (χ2n) is 3.77. The number of hydrogen-bond donors (Lipinski definition) is 0. The molecule has 0 spiro atoms. The van der Waals surface area contributed by atoms with Gasteiger partial charge in [-0.15, -0.1) is 0 Å². The zero-order chi connectivity index (χ0) is 14.7. The Hall–Kier alpha value is -1.39. The number of Topliss-reactive ketones (excluding diaryl/α,β-unsaturated/α-hetero) is 1. The molecule has 0 aromatic heterocycles. The Bertz CT molecular complexity index is 357. The van der Waals surface area contributed by atoms with Crippen molar-refractivity contribution >= 4 is 5.78 Å². The van der Waals surface area contributed by atoms with Crippen molar-refractivity contribution in [3.63, 3.8) is 0 Å². The van der Waals surface area contributed by atoms with Gasteiger partial charge in [0.2, 0.25) is 0 Å². The molecule has 0 aliphatic rings. The number of methoxy groups -OCH3 is 1. The van der Waals surface area contributed by atoms with Crippen LogP contribution < -0.4 is 4.74 Å². The molecule has 0 radical (unpaired) electrons. The van der Waals surface area contributed by atoms with Gasteiger partial charge in [-0.2, -0.15) is 0 Å². The molecule has 0 fully saturated rings. The molecule has 0 atom stereocenters. The zero-order valence-corrected chi connectivity index (χ0v) is 12.4. The number of rotatable bonds is 6. The van der Waals surface area contributed by atoms with Gasteiger partial charge in [-0.05, 0) is 39.8 Å². The summed E-state index contributed by atoms with van der Waals surface area (Å²) >= 11 is 0. The molecule has 0 saturated heterocycles. The Morgan fingerprint density at radius 1 is 1.21 bits per heavy atom. The van der Waals surface area contributed by atoms with Crippen LogP contribution in [0, 0.1) is 0 Å². The van der Waals surface area contributed by atoms with Gasteiger partial charge in [-0.1, -0.05) is 12.1 Å². The van der Waals surface area contributed by atoms with Gasteiger partial charge in [0.15, 0.2) is 12.1 Å². The van der Waals surface area contributed by atoms with E-state index >= 15 is 0 Å². The lowest BCUT2D eigenvalue weighted by atomic mass is 10.1. The third-order valence-corrected chi connectivity index (χ3v) is 2.28. The van der Waals surface area contributed by atoms with Crippen LogP contribution in [0.3, 0.4) is 0 Å². The van der Waals surface area contributed by atoms with Crippen molar-refractivity contribution in [2.24, 2.45) is 0 Å². The second-order valence-corrected chi connectivity index (χ2v) is 3.77. The first kappa shape index (κ1) is 17.6. The average Bonchev–Trinajstić information content (AvgIpc) is 2.40. The fourth-order valence-corrected chi connectivity index (χ4v) is 1.36. The van der Waals surface area contributed by atoms with E-state index in [1.165, 1.54) is 6.92 Å². The third kappa shape index (κ3) is 8.35. The van der Waals surface area contributed by atoms with E-state index in [4.69, 9.17) is 14.2 Å². The average molecular weight is 268 g/mol. The Labute approximate surface area is 115 Å². The van der Waals surface area contributed by atoms with Crippen LogP contribution in [0.4, 0.5) is 0 Å². The van der Waals surface area contributed by atoms with Crippen LogP contribution in [-0.4, -0.2) is 32.4 Å². The highest BCUT2D eigenvalue weighted by molar-refractivity contribution is 5.94. The highest BCUT2D eigenvalue weighted by atomic mass is 16.7. The summed E-state index contributed by atoms with van der Waals surface area (Å²) < 4.78 is 15.1.